The van der Waals surface area contributed by atoms with E-state index in [9.17, 15) is 4.79 Å². The first-order valence-corrected chi connectivity index (χ1v) is 8.13. The molecule has 7 heteroatoms. The van der Waals surface area contributed by atoms with Crippen molar-refractivity contribution in [3.05, 3.63) is 52.8 Å². The maximum absolute atomic E-state index is 12.4. The van der Waals surface area contributed by atoms with E-state index in [2.05, 4.69) is 36.2 Å². The Balaban J connectivity index is 1.46. The van der Waals surface area contributed by atoms with Gasteiger partial charge in [0.1, 0.15) is 4.60 Å². The molecule has 0 spiro atoms. The summed E-state index contributed by atoms with van der Waals surface area (Å²) >= 11 is 3.31. The maximum Gasteiger partial charge on any atom is 0.229 e. The van der Waals surface area contributed by atoms with Gasteiger partial charge in [0.2, 0.25) is 5.91 Å². The van der Waals surface area contributed by atoms with Crippen molar-refractivity contribution in [2.24, 2.45) is 5.92 Å². The molecule has 0 aliphatic heterocycles. The summed E-state index contributed by atoms with van der Waals surface area (Å²) in [4.78, 5) is 25.2. The highest BCUT2D eigenvalue weighted by atomic mass is 79.9. The lowest BCUT2D eigenvalue weighted by Crippen LogP contribution is -2.14. The Morgan fingerprint density at radius 2 is 2.17 bits per heavy atom. The molecular formula is C16H14BrN5O. The van der Waals surface area contributed by atoms with Crippen molar-refractivity contribution in [2.45, 2.75) is 19.3 Å². The van der Waals surface area contributed by atoms with Gasteiger partial charge in [0.15, 0.2) is 11.5 Å². The Bertz CT molecular complexity index is 889. The van der Waals surface area contributed by atoms with E-state index in [-0.39, 0.29) is 17.7 Å². The SMILES string of the molecule is Cc1ccc([C@@H]2C[C@@H]2C(=O)Nc2cn3cc(Br)ncc3n2)nc1. The number of pyridine rings is 1. The summed E-state index contributed by atoms with van der Waals surface area (Å²) in [7, 11) is 0. The lowest BCUT2D eigenvalue weighted by Gasteiger charge is -2.01. The first kappa shape index (κ1) is 14.3. The summed E-state index contributed by atoms with van der Waals surface area (Å²) in [6, 6.07) is 4.03. The molecule has 3 aromatic heterocycles. The van der Waals surface area contributed by atoms with Crippen molar-refractivity contribution in [1.82, 2.24) is 19.4 Å². The molecule has 2 atom stereocenters. The first-order valence-electron chi connectivity index (χ1n) is 7.34. The van der Waals surface area contributed by atoms with Gasteiger partial charge in [-0.3, -0.25) is 9.78 Å². The molecule has 1 aliphatic carbocycles. The Hall–Kier alpha value is -2.28. The van der Waals surface area contributed by atoms with E-state index in [4.69, 9.17) is 0 Å². The van der Waals surface area contributed by atoms with Gasteiger partial charge in [-0.25, -0.2) is 9.97 Å². The van der Waals surface area contributed by atoms with Crippen molar-refractivity contribution in [1.29, 1.82) is 0 Å². The van der Waals surface area contributed by atoms with E-state index in [1.165, 1.54) is 0 Å². The third kappa shape index (κ3) is 2.84. The largest absolute Gasteiger partial charge is 0.309 e. The van der Waals surface area contributed by atoms with Gasteiger partial charge in [-0.1, -0.05) is 6.07 Å². The lowest BCUT2D eigenvalue weighted by atomic mass is 10.2. The van der Waals surface area contributed by atoms with Crippen LogP contribution in [0.2, 0.25) is 0 Å². The van der Waals surface area contributed by atoms with Crippen LogP contribution in [0.25, 0.3) is 5.65 Å². The summed E-state index contributed by atoms with van der Waals surface area (Å²) in [5, 5.41) is 2.88. The van der Waals surface area contributed by atoms with E-state index in [1.54, 1.807) is 18.6 Å². The summed E-state index contributed by atoms with van der Waals surface area (Å²) < 4.78 is 2.53. The third-order valence-electron chi connectivity index (χ3n) is 4.00. The van der Waals surface area contributed by atoms with E-state index in [1.807, 2.05) is 29.7 Å². The predicted molar refractivity (Wildman–Crippen MR) is 89.1 cm³/mol. The molecule has 1 saturated carbocycles. The molecule has 23 heavy (non-hydrogen) atoms. The average Bonchev–Trinajstić information content (AvgIpc) is 3.23. The zero-order chi connectivity index (χ0) is 16.0. The summed E-state index contributed by atoms with van der Waals surface area (Å²) in [6.07, 6.45) is 7.91. The van der Waals surface area contributed by atoms with E-state index < -0.39 is 0 Å². The number of nitrogens with zero attached hydrogens (tertiary/aromatic N) is 4. The molecule has 4 rings (SSSR count). The minimum absolute atomic E-state index is 0.00666. The molecule has 0 bridgehead atoms. The molecule has 0 saturated heterocycles. The summed E-state index contributed by atoms with van der Waals surface area (Å²) in [6.45, 7) is 2.00. The van der Waals surface area contributed by atoms with Gasteiger partial charge < -0.3 is 9.72 Å². The van der Waals surface area contributed by atoms with E-state index >= 15 is 0 Å². The van der Waals surface area contributed by atoms with Crippen molar-refractivity contribution in [2.75, 3.05) is 5.32 Å². The number of hydrogen-bond acceptors (Lipinski definition) is 4. The van der Waals surface area contributed by atoms with Crippen LogP contribution in [-0.2, 0) is 4.79 Å². The topological polar surface area (TPSA) is 72.2 Å². The molecule has 1 fully saturated rings. The zero-order valence-electron chi connectivity index (χ0n) is 12.4. The number of nitrogens with one attached hydrogen (secondary N) is 1. The smallest absolute Gasteiger partial charge is 0.229 e. The standard InChI is InChI=1S/C16H14BrN5O/c1-9-2-3-12(18-5-9)10-4-11(10)16(23)21-14-8-22-7-13(17)19-6-15(22)20-14/h2-3,5-8,10-11H,4H2,1H3,(H,21,23)/t10-,11+/m1/s1. The molecule has 3 aromatic rings. The number of halogens is 1. The fourth-order valence-corrected chi connectivity index (χ4v) is 2.99. The van der Waals surface area contributed by atoms with Crippen LogP contribution in [0.3, 0.4) is 0 Å². The van der Waals surface area contributed by atoms with Gasteiger partial charge in [-0.05, 0) is 40.9 Å². The van der Waals surface area contributed by atoms with Crippen molar-refractivity contribution in [3.63, 3.8) is 0 Å². The van der Waals surface area contributed by atoms with Gasteiger partial charge in [0.25, 0.3) is 0 Å². The van der Waals surface area contributed by atoms with Crippen LogP contribution in [0.1, 0.15) is 23.6 Å². The van der Waals surface area contributed by atoms with Crippen LogP contribution in [0.4, 0.5) is 5.82 Å². The van der Waals surface area contributed by atoms with Crippen LogP contribution in [-0.4, -0.2) is 25.3 Å². The number of carbonyl (C=O) groups is 1. The number of carbonyl (C=O) groups excluding carboxylic acids is 1. The molecule has 1 amide bonds. The minimum atomic E-state index is -0.0279. The molecular weight excluding hydrogens is 358 g/mol. The Morgan fingerprint density at radius 1 is 1.30 bits per heavy atom. The van der Waals surface area contributed by atoms with Crippen LogP contribution < -0.4 is 5.32 Å². The zero-order valence-corrected chi connectivity index (χ0v) is 14.0. The van der Waals surface area contributed by atoms with Crippen LogP contribution >= 0.6 is 15.9 Å². The minimum Gasteiger partial charge on any atom is -0.309 e. The Morgan fingerprint density at radius 3 is 2.96 bits per heavy atom. The molecule has 0 aromatic carbocycles. The number of anilines is 1. The molecule has 3 heterocycles. The number of imidazole rings is 1. The molecule has 6 nitrogen and oxygen atoms in total. The number of rotatable bonds is 3. The third-order valence-corrected chi connectivity index (χ3v) is 4.41. The van der Waals surface area contributed by atoms with Crippen LogP contribution in [0.15, 0.2) is 41.5 Å². The second-order valence-electron chi connectivity index (χ2n) is 5.80. The number of amides is 1. The van der Waals surface area contributed by atoms with Gasteiger partial charge in [0.05, 0.1) is 12.4 Å². The monoisotopic (exact) mass is 371 g/mol. The second-order valence-corrected chi connectivity index (χ2v) is 6.61. The number of hydrogen-bond donors (Lipinski definition) is 1. The molecule has 116 valence electrons. The highest BCUT2D eigenvalue weighted by Gasteiger charge is 2.45. The highest BCUT2D eigenvalue weighted by molar-refractivity contribution is 9.10. The fourth-order valence-electron chi connectivity index (χ4n) is 2.66. The average molecular weight is 372 g/mol. The van der Waals surface area contributed by atoms with Crippen molar-refractivity contribution >= 4 is 33.3 Å². The molecule has 1 N–H and O–H groups in total. The first-order chi connectivity index (χ1) is 11.1. The normalized spacial score (nSPS) is 19.7. The van der Waals surface area contributed by atoms with Crippen LogP contribution in [0, 0.1) is 12.8 Å². The predicted octanol–water partition coefficient (Wildman–Crippen LogP) is 2.94. The number of aryl methyl sites for hydroxylation is 1. The van der Waals surface area contributed by atoms with Gasteiger partial charge in [-0.15, -0.1) is 0 Å². The van der Waals surface area contributed by atoms with Gasteiger partial charge >= 0.3 is 0 Å². The Kier molecular flexibility index (Phi) is 3.37. The Labute approximate surface area is 141 Å². The second kappa shape index (κ2) is 5.42. The quantitative estimate of drug-likeness (QED) is 0.767. The van der Waals surface area contributed by atoms with Gasteiger partial charge in [-0.2, -0.15) is 0 Å². The van der Waals surface area contributed by atoms with E-state index in [0.29, 0.717) is 16.1 Å². The van der Waals surface area contributed by atoms with Crippen molar-refractivity contribution < 1.29 is 4.79 Å². The lowest BCUT2D eigenvalue weighted by molar-refractivity contribution is -0.117. The molecule has 0 unspecified atom stereocenters. The maximum atomic E-state index is 12.4. The van der Waals surface area contributed by atoms with E-state index in [0.717, 1.165) is 17.7 Å². The van der Waals surface area contributed by atoms with Crippen LogP contribution in [0.5, 0.6) is 0 Å². The highest BCUT2D eigenvalue weighted by Crippen LogP contribution is 2.47. The summed E-state index contributed by atoms with van der Waals surface area (Å²) in [5.41, 5.74) is 2.80. The molecule has 1 aliphatic rings. The van der Waals surface area contributed by atoms with Crippen molar-refractivity contribution in [3.8, 4) is 0 Å². The molecule has 0 radical (unpaired) electrons. The van der Waals surface area contributed by atoms with Gasteiger partial charge in [0, 0.05) is 29.9 Å². The number of fused-ring (bicyclic) bond motifs is 1. The number of aromatic nitrogens is 4. The fraction of sp³-hybridized carbons (Fsp3) is 0.250. The summed E-state index contributed by atoms with van der Waals surface area (Å²) in [5.74, 6) is 0.716.